The van der Waals surface area contributed by atoms with E-state index < -0.39 is 29.6 Å². The number of benzene rings is 2. The van der Waals surface area contributed by atoms with Gasteiger partial charge < -0.3 is 10.6 Å². The van der Waals surface area contributed by atoms with Crippen LogP contribution in [0.3, 0.4) is 0 Å². The van der Waals surface area contributed by atoms with Gasteiger partial charge in [-0.3, -0.25) is 9.59 Å². The number of nitrogens with one attached hydrogen (secondary N) is 2. The number of fused-ring (bicyclic) bond motifs is 1. The van der Waals surface area contributed by atoms with Gasteiger partial charge in [0.2, 0.25) is 11.8 Å². The van der Waals surface area contributed by atoms with Crippen LogP contribution in [0.1, 0.15) is 29.2 Å². The molecule has 0 saturated carbocycles. The number of carbonyl (C=O) groups is 2. The van der Waals surface area contributed by atoms with Crippen LogP contribution in [0.2, 0.25) is 0 Å². The third-order valence-corrected chi connectivity index (χ3v) is 5.20. The molecule has 3 aromatic rings. The molecule has 2 N–H and O–H groups in total. The van der Waals surface area contributed by atoms with Crippen LogP contribution in [-0.4, -0.2) is 21.6 Å². The van der Waals surface area contributed by atoms with Gasteiger partial charge >= 0.3 is 6.18 Å². The standard InChI is InChI=1S/C22H19F3N4O2/c1-12-7-9-14(10-8-12)19-13(2)20-27-18(30)11-17(29(20)28-19)21(31)26-16-6-4-3-5-15(16)22(23,24)25/h3-10,17H,11H2,1-2H3,(H,26,31)(H,27,30). The first-order chi connectivity index (χ1) is 14.6. The number of para-hydroxylation sites is 1. The molecule has 0 radical (unpaired) electrons. The Bertz CT molecular complexity index is 1170. The predicted octanol–water partition coefficient (Wildman–Crippen LogP) is 4.71. The van der Waals surface area contributed by atoms with Crippen LogP contribution in [0, 0.1) is 13.8 Å². The Labute approximate surface area is 176 Å². The number of carbonyl (C=O) groups excluding carboxylic acids is 2. The highest BCUT2D eigenvalue weighted by atomic mass is 19.4. The van der Waals surface area contributed by atoms with Gasteiger partial charge in [-0.2, -0.15) is 18.3 Å². The molecule has 9 heteroatoms. The van der Waals surface area contributed by atoms with E-state index in [1.165, 1.54) is 22.9 Å². The number of rotatable bonds is 3. The number of aryl methyl sites for hydroxylation is 1. The summed E-state index contributed by atoms with van der Waals surface area (Å²) in [7, 11) is 0. The first kappa shape index (κ1) is 20.6. The van der Waals surface area contributed by atoms with Crippen molar-refractivity contribution in [1.82, 2.24) is 9.78 Å². The van der Waals surface area contributed by atoms with E-state index in [1.54, 1.807) is 6.92 Å². The van der Waals surface area contributed by atoms with Gasteiger partial charge in [-0.1, -0.05) is 42.0 Å². The molecule has 0 fully saturated rings. The Balaban J connectivity index is 1.70. The summed E-state index contributed by atoms with van der Waals surface area (Å²) in [6.07, 6.45) is -4.86. The van der Waals surface area contributed by atoms with Crippen LogP contribution in [0.15, 0.2) is 48.5 Å². The Kier molecular flexibility index (Phi) is 5.04. The van der Waals surface area contributed by atoms with Gasteiger partial charge in [0.25, 0.3) is 0 Å². The quantitative estimate of drug-likeness (QED) is 0.635. The predicted molar refractivity (Wildman–Crippen MR) is 109 cm³/mol. The fraction of sp³-hybridized carbons (Fsp3) is 0.227. The maximum atomic E-state index is 13.3. The van der Waals surface area contributed by atoms with E-state index >= 15 is 0 Å². The molecule has 4 rings (SSSR count). The summed E-state index contributed by atoms with van der Waals surface area (Å²) in [5.41, 5.74) is 1.81. The van der Waals surface area contributed by atoms with E-state index in [-0.39, 0.29) is 12.1 Å². The molecule has 31 heavy (non-hydrogen) atoms. The Morgan fingerprint density at radius 1 is 1.13 bits per heavy atom. The zero-order valence-electron chi connectivity index (χ0n) is 16.7. The molecule has 1 aliphatic rings. The molecule has 160 valence electrons. The number of anilines is 2. The zero-order chi connectivity index (χ0) is 22.3. The SMILES string of the molecule is Cc1ccc(-c2nn3c(c2C)NC(=O)CC3C(=O)Nc2ccccc2C(F)(F)F)cc1. The van der Waals surface area contributed by atoms with E-state index in [2.05, 4.69) is 15.7 Å². The lowest BCUT2D eigenvalue weighted by molar-refractivity contribution is -0.137. The normalized spacial score (nSPS) is 15.9. The largest absolute Gasteiger partial charge is 0.418 e. The third-order valence-electron chi connectivity index (χ3n) is 5.20. The van der Waals surface area contributed by atoms with E-state index in [0.29, 0.717) is 17.1 Å². The van der Waals surface area contributed by atoms with Crippen molar-refractivity contribution in [2.24, 2.45) is 0 Å². The monoisotopic (exact) mass is 428 g/mol. The van der Waals surface area contributed by atoms with Crippen LogP contribution >= 0.6 is 0 Å². The van der Waals surface area contributed by atoms with E-state index in [4.69, 9.17) is 0 Å². The zero-order valence-corrected chi connectivity index (χ0v) is 16.7. The Hall–Kier alpha value is -3.62. The molecule has 1 atom stereocenters. The van der Waals surface area contributed by atoms with E-state index in [0.717, 1.165) is 17.2 Å². The van der Waals surface area contributed by atoms with Crippen molar-refractivity contribution in [3.8, 4) is 11.3 Å². The molecule has 0 saturated heterocycles. The molecule has 1 aromatic heterocycles. The summed E-state index contributed by atoms with van der Waals surface area (Å²) < 4.78 is 41.2. The highest BCUT2D eigenvalue weighted by Gasteiger charge is 2.37. The van der Waals surface area contributed by atoms with E-state index in [9.17, 15) is 22.8 Å². The van der Waals surface area contributed by atoms with E-state index in [1.807, 2.05) is 31.2 Å². The molecule has 6 nitrogen and oxygen atoms in total. The van der Waals surface area contributed by atoms with Gasteiger partial charge in [0, 0.05) is 11.1 Å². The minimum Gasteiger partial charge on any atom is -0.324 e. The Morgan fingerprint density at radius 3 is 2.48 bits per heavy atom. The lowest BCUT2D eigenvalue weighted by Crippen LogP contribution is -2.36. The van der Waals surface area contributed by atoms with Crippen molar-refractivity contribution in [3.63, 3.8) is 0 Å². The smallest absolute Gasteiger partial charge is 0.324 e. The molecule has 1 aliphatic heterocycles. The number of alkyl halides is 3. The number of aromatic nitrogens is 2. The van der Waals surface area contributed by atoms with Gasteiger partial charge in [-0.15, -0.1) is 0 Å². The van der Waals surface area contributed by atoms with Crippen LogP contribution < -0.4 is 10.6 Å². The van der Waals surface area contributed by atoms with Gasteiger partial charge in [0.1, 0.15) is 11.9 Å². The molecule has 2 amide bonds. The fourth-order valence-corrected chi connectivity index (χ4v) is 3.58. The van der Waals surface area contributed by atoms with Crippen molar-refractivity contribution in [2.45, 2.75) is 32.5 Å². The highest BCUT2D eigenvalue weighted by Crippen LogP contribution is 2.37. The molecular formula is C22H19F3N4O2. The molecule has 2 heterocycles. The van der Waals surface area contributed by atoms with Crippen molar-refractivity contribution in [1.29, 1.82) is 0 Å². The summed E-state index contributed by atoms with van der Waals surface area (Å²) in [4.78, 5) is 25.2. The number of amides is 2. The van der Waals surface area contributed by atoms with Gasteiger partial charge in [0.05, 0.1) is 23.4 Å². The number of nitrogens with zero attached hydrogens (tertiary/aromatic N) is 2. The van der Waals surface area contributed by atoms with Gasteiger partial charge in [-0.25, -0.2) is 4.68 Å². The number of hydrogen-bond acceptors (Lipinski definition) is 3. The second-order valence-corrected chi connectivity index (χ2v) is 7.43. The average Bonchev–Trinajstić information content (AvgIpc) is 3.04. The minimum absolute atomic E-state index is 0.235. The van der Waals surface area contributed by atoms with Crippen molar-refractivity contribution >= 4 is 23.3 Å². The molecular weight excluding hydrogens is 409 g/mol. The average molecular weight is 428 g/mol. The lowest BCUT2D eigenvalue weighted by Gasteiger charge is -2.24. The molecule has 1 unspecified atom stereocenters. The maximum Gasteiger partial charge on any atom is 0.418 e. The maximum absolute atomic E-state index is 13.3. The molecule has 0 bridgehead atoms. The minimum atomic E-state index is -4.63. The van der Waals surface area contributed by atoms with Crippen LogP contribution in [0.5, 0.6) is 0 Å². The summed E-state index contributed by atoms with van der Waals surface area (Å²) in [5, 5.41) is 9.56. The van der Waals surface area contributed by atoms with Crippen LogP contribution in [0.4, 0.5) is 24.7 Å². The van der Waals surface area contributed by atoms with Crippen LogP contribution in [0.25, 0.3) is 11.3 Å². The lowest BCUT2D eigenvalue weighted by atomic mass is 10.1. The first-order valence-corrected chi connectivity index (χ1v) is 9.58. The summed E-state index contributed by atoms with van der Waals surface area (Å²) >= 11 is 0. The van der Waals surface area contributed by atoms with Crippen LogP contribution in [-0.2, 0) is 15.8 Å². The second kappa shape index (κ2) is 7.57. The van der Waals surface area contributed by atoms with Crippen molar-refractivity contribution in [2.75, 3.05) is 10.6 Å². The highest BCUT2D eigenvalue weighted by molar-refractivity contribution is 6.02. The Morgan fingerprint density at radius 2 is 1.81 bits per heavy atom. The number of halogens is 3. The second-order valence-electron chi connectivity index (χ2n) is 7.43. The topological polar surface area (TPSA) is 76.0 Å². The van der Waals surface area contributed by atoms with Gasteiger partial charge in [-0.05, 0) is 26.0 Å². The third kappa shape index (κ3) is 3.90. The van der Waals surface area contributed by atoms with Gasteiger partial charge in [0.15, 0.2) is 0 Å². The molecule has 0 spiro atoms. The van der Waals surface area contributed by atoms with Crippen molar-refractivity contribution in [3.05, 3.63) is 65.2 Å². The summed E-state index contributed by atoms with van der Waals surface area (Å²) in [6.45, 7) is 3.72. The summed E-state index contributed by atoms with van der Waals surface area (Å²) in [6, 6.07) is 11.2. The number of hydrogen-bond donors (Lipinski definition) is 2. The van der Waals surface area contributed by atoms with Crippen molar-refractivity contribution < 1.29 is 22.8 Å². The molecule has 0 aliphatic carbocycles. The fourth-order valence-electron chi connectivity index (χ4n) is 3.58. The molecule has 2 aromatic carbocycles. The first-order valence-electron chi connectivity index (χ1n) is 9.58. The summed E-state index contributed by atoms with van der Waals surface area (Å²) in [5.74, 6) is -0.794.